The number of hydrogen-bond acceptors (Lipinski definition) is 3. The third kappa shape index (κ3) is 2.49. The Kier molecular flexibility index (Phi) is 3.23. The first-order chi connectivity index (χ1) is 7.27. The van der Waals surface area contributed by atoms with Gasteiger partial charge >= 0.3 is 0 Å². The summed E-state index contributed by atoms with van der Waals surface area (Å²) in [4.78, 5) is 2.34. The molecule has 2 N–H and O–H groups in total. The highest BCUT2D eigenvalue weighted by atomic mass is 16.3. The van der Waals surface area contributed by atoms with Crippen molar-refractivity contribution in [1.82, 2.24) is 10.2 Å². The SMILES string of the molecule is CN1CCCNCC1c1cccc(O)c1. The summed E-state index contributed by atoms with van der Waals surface area (Å²) in [7, 11) is 2.14. The molecule has 1 aliphatic heterocycles. The number of likely N-dealkylation sites (N-methyl/N-ethyl adjacent to an activating group) is 1. The fraction of sp³-hybridized carbons (Fsp3) is 0.500. The maximum atomic E-state index is 9.46. The van der Waals surface area contributed by atoms with Crippen molar-refractivity contribution in [2.24, 2.45) is 0 Å². The van der Waals surface area contributed by atoms with Gasteiger partial charge in [-0.05, 0) is 44.3 Å². The molecule has 2 rings (SSSR count). The van der Waals surface area contributed by atoms with Crippen LogP contribution in [0, 0.1) is 0 Å². The van der Waals surface area contributed by atoms with E-state index in [-0.39, 0.29) is 0 Å². The monoisotopic (exact) mass is 206 g/mol. The molecule has 0 spiro atoms. The lowest BCUT2D eigenvalue weighted by Crippen LogP contribution is -2.29. The van der Waals surface area contributed by atoms with Gasteiger partial charge in [0.15, 0.2) is 0 Å². The molecule has 3 nitrogen and oxygen atoms in total. The van der Waals surface area contributed by atoms with Gasteiger partial charge in [-0.15, -0.1) is 0 Å². The van der Waals surface area contributed by atoms with E-state index in [0.717, 1.165) is 19.6 Å². The lowest BCUT2D eigenvalue weighted by atomic mass is 10.1. The van der Waals surface area contributed by atoms with Gasteiger partial charge in [0.05, 0.1) is 0 Å². The van der Waals surface area contributed by atoms with Crippen molar-refractivity contribution in [1.29, 1.82) is 0 Å². The van der Waals surface area contributed by atoms with E-state index >= 15 is 0 Å². The van der Waals surface area contributed by atoms with Gasteiger partial charge in [0.1, 0.15) is 5.75 Å². The van der Waals surface area contributed by atoms with Crippen molar-refractivity contribution in [3.8, 4) is 5.75 Å². The van der Waals surface area contributed by atoms with Crippen molar-refractivity contribution in [3.05, 3.63) is 29.8 Å². The number of aromatic hydroxyl groups is 1. The summed E-state index contributed by atoms with van der Waals surface area (Å²) in [5.74, 6) is 0.352. The average molecular weight is 206 g/mol. The van der Waals surface area contributed by atoms with Crippen LogP contribution in [0.25, 0.3) is 0 Å². The molecule has 0 aromatic heterocycles. The predicted octanol–water partition coefficient (Wildman–Crippen LogP) is 1.36. The largest absolute Gasteiger partial charge is 0.508 e. The summed E-state index contributed by atoms with van der Waals surface area (Å²) >= 11 is 0. The Morgan fingerprint density at radius 3 is 3.13 bits per heavy atom. The van der Waals surface area contributed by atoms with Gasteiger partial charge < -0.3 is 10.4 Å². The third-order valence-corrected chi connectivity index (χ3v) is 2.99. The summed E-state index contributed by atoms with van der Waals surface area (Å²) in [6, 6.07) is 7.93. The third-order valence-electron chi connectivity index (χ3n) is 2.99. The molecule has 0 aliphatic carbocycles. The molecule has 1 unspecified atom stereocenters. The number of nitrogens with one attached hydrogen (secondary N) is 1. The first-order valence-corrected chi connectivity index (χ1v) is 5.47. The zero-order valence-corrected chi connectivity index (χ0v) is 9.11. The standard InChI is InChI=1S/C12H18N2O/c1-14-7-3-6-13-9-12(14)10-4-2-5-11(15)8-10/h2,4-5,8,12-13,15H,3,6-7,9H2,1H3. The highest BCUT2D eigenvalue weighted by Gasteiger charge is 2.18. The summed E-state index contributed by atoms with van der Waals surface area (Å²) in [5, 5.41) is 12.9. The first-order valence-electron chi connectivity index (χ1n) is 5.47. The van der Waals surface area contributed by atoms with Crippen LogP contribution in [0.1, 0.15) is 18.0 Å². The Hall–Kier alpha value is -1.06. The first kappa shape index (κ1) is 10.5. The van der Waals surface area contributed by atoms with Gasteiger partial charge in [-0.25, -0.2) is 0 Å². The molecule has 1 atom stereocenters. The van der Waals surface area contributed by atoms with Gasteiger partial charge in [0, 0.05) is 12.6 Å². The molecule has 0 radical (unpaired) electrons. The van der Waals surface area contributed by atoms with Crippen LogP contribution < -0.4 is 5.32 Å². The fourth-order valence-electron chi connectivity index (χ4n) is 2.11. The minimum atomic E-state index is 0.352. The van der Waals surface area contributed by atoms with Crippen LogP contribution in [0.2, 0.25) is 0 Å². The van der Waals surface area contributed by atoms with E-state index in [4.69, 9.17) is 0 Å². The van der Waals surface area contributed by atoms with E-state index in [9.17, 15) is 5.11 Å². The van der Waals surface area contributed by atoms with Gasteiger partial charge in [0.25, 0.3) is 0 Å². The van der Waals surface area contributed by atoms with E-state index in [1.54, 1.807) is 6.07 Å². The van der Waals surface area contributed by atoms with Gasteiger partial charge in [-0.3, -0.25) is 4.90 Å². The lowest BCUT2D eigenvalue weighted by molar-refractivity contribution is 0.261. The Morgan fingerprint density at radius 1 is 1.47 bits per heavy atom. The van der Waals surface area contributed by atoms with E-state index in [2.05, 4.69) is 23.3 Å². The molecule has 0 amide bonds. The topological polar surface area (TPSA) is 35.5 Å². The van der Waals surface area contributed by atoms with Gasteiger partial charge in [-0.1, -0.05) is 12.1 Å². The van der Waals surface area contributed by atoms with Gasteiger partial charge in [0.2, 0.25) is 0 Å². The van der Waals surface area contributed by atoms with Crippen LogP contribution in [-0.4, -0.2) is 36.7 Å². The molecule has 1 aromatic carbocycles. The van der Waals surface area contributed by atoms with E-state index in [1.165, 1.54) is 12.0 Å². The van der Waals surface area contributed by atoms with Crippen LogP contribution in [0.3, 0.4) is 0 Å². The van der Waals surface area contributed by atoms with Crippen molar-refractivity contribution < 1.29 is 5.11 Å². The number of benzene rings is 1. The van der Waals surface area contributed by atoms with Crippen LogP contribution in [0.4, 0.5) is 0 Å². The molecule has 1 aliphatic rings. The molecule has 1 saturated heterocycles. The highest BCUT2D eigenvalue weighted by molar-refractivity contribution is 5.29. The Morgan fingerprint density at radius 2 is 2.33 bits per heavy atom. The number of phenolic OH excluding ortho intramolecular Hbond substituents is 1. The summed E-state index contributed by atoms with van der Waals surface area (Å²) in [5.41, 5.74) is 1.19. The van der Waals surface area contributed by atoms with E-state index < -0.39 is 0 Å². The molecule has 1 aromatic rings. The maximum absolute atomic E-state index is 9.46. The molecule has 0 bridgehead atoms. The quantitative estimate of drug-likeness (QED) is 0.728. The highest BCUT2D eigenvalue weighted by Crippen LogP contribution is 2.23. The lowest BCUT2D eigenvalue weighted by Gasteiger charge is -2.25. The van der Waals surface area contributed by atoms with Crippen molar-refractivity contribution in [3.63, 3.8) is 0 Å². The second-order valence-electron chi connectivity index (χ2n) is 4.15. The fourth-order valence-corrected chi connectivity index (χ4v) is 2.11. The summed E-state index contributed by atoms with van der Waals surface area (Å²) in [6.45, 7) is 3.15. The zero-order chi connectivity index (χ0) is 10.7. The Balaban J connectivity index is 2.20. The molecule has 3 heteroatoms. The normalized spacial score (nSPS) is 23.7. The number of rotatable bonds is 1. The molecule has 1 heterocycles. The Labute approximate surface area is 90.7 Å². The van der Waals surface area contributed by atoms with Crippen molar-refractivity contribution in [2.75, 3.05) is 26.7 Å². The maximum Gasteiger partial charge on any atom is 0.115 e. The van der Waals surface area contributed by atoms with Crippen LogP contribution >= 0.6 is 0 Å². The molecular formula is C12H18N2O. The molecule has 15 heavy (non-hydrogen) atoms. The molecule has 0 saturated carbocycles. The van der Waals surface area contributed by atoms with Crippen LogP contribution in [-0.2, 0) is 0 Å². The second kappa shape index (κ2) is 4.64. The number of nitrogens with zero attached hydrogens (tertiary/aromatic N) is 1. The summed E-state index contributed by atoms with van der Waals surface area (Å²) < 4.78 is 0. The minimum Gasteiger partial charge on any atom is -0.508 e. The van der Waals surface area contributed by atoms with Crippen molar-refractivity contribution >= 4 is 0 Å². The average Bonchev–Trinajstić information content (AvgIpc) is 2.43. The molecular weight excluding hydrogens is 188 g/mol. The zero-order valence-electron chi connectivity index (χ0n) is 9.11. The van der Waals surface area contributed by atoms with Crippen LogP contribution in [0.15, 0.2) is 24.3 Å². The predicted molar refractivity (Wildman–Crippen MR) is 61.0 cm³/mol. The van der Waals surface area contributed by atoms with Gasteiger partial charge in [-0.2, -0.15) is 0 Å². The number of phenols is 1. The smallest absolute Gasteiger partial charge is 0.115 e. The van der Waals surface area contributed by atoms with Crippen LogP contribution in [0.5, 0.6) is 5.75 Å². The molecule has 1 fully saturated rings. The second-order valence-corrected chi connectivity index (χ2v) is 4.15. The van der Waals surface area contributed by atoms with Crippen molar-refractivity contribution in [2.45, 2.75) is 12.5 Å². The Bertz CT molecular complexity index is 327. The van der Waals surface area contributed by atoms with E-state index in [0.29, 0.717) is 11.8 Å². The summed E-state index contributed by atoms with van der Waals surface area (Å²) in [6.07, 6.45) is 1.19. The van der Waals surface area contributed by atoms with E-state index in [1.807, 2.05) is 12.1 Å². The minimum absolute atomic E-state index is 0.352. The number of hydrogen-bond donors (Lipinski definition) is 2. The molecule has 82 valence electrons.